The lowest BCUT2D eigenvalue weighted by Crippen LogP contribution is -2.40. The van der Waals surface area contributed by atoms with Crippen molar-refractivity contribution in [2.45, 2.75) is 11.3 Å². The van der Waals surface area contributed by atoms with Crippen molar-refractivity contribution < 1.29 is 13.2 Å². The summed E-state index contributed by atoms with van der Waals surface area (Å²) in [5.41, 5.74) is 1.01. The Bertz CT molecular complexity index is 806. The van der Waals surface area contributed by atoms with E-state index >= 15 is 0 Å². The molecule has 0 fully saturated rings. The van der Waals surface area contributed by atoms with Crippen LogP contribution in [0, 0.1) is 0 Å². The number of primary sulfonamides is 1. The fraction of sp³-hybridized carbons (Fsp3) is 0.278. The largest absolute Gasteiger partial charge is 0.492 e. The van der Waals surface area contributed by atoms with E-state index in [0.29, 0.717) is 25.7 Å². The molecule has 2 aromatic rings. The van der Waals surface area contributed by atoms with Gasteiger partial charge in [0.2, 0.25) is 10.0 Å². The van der Waals surface area contributed by atoms with Crippen molar-refractivity contribution in [3.63, 3.8) is 0 Å². The molecule has 0 saturated carbocycles. The Hall–Kier alpha value is -2.58. The van der Waals surface area contributed by atoms with Crippen molar-refractivity contribution >= 4 is 16.0 Å². The SMILES string of the molecule is CN=C(NCCOc1ccccc1)NCCc1ccc(S(N)(=O)=O)cc1. The first-order chi connectivity index (χ1) is 12.5. The molecule has 4 N–H and O–H groups in total. The fourth-order valence-corrected chi connectivity index (χ4v) is 2.76. The van der Waals surface area contributed by atoms with E-state index in [2.05, 4.69) is 15.6 Å². The van der Waals surface area contributed by atoms with Crippen molar-refractivity contribution in [3.8, 4) is 5.75 Å². The molecule has 140 valence electrons. The maximum absolute atomic E-state index is 11.2. The molecule has 0 aliphatic heterocycles. The average Bonchev–Trinajstić information content (AvgIpc) is 2.64. The van der Waals surface area contributed by atoms with Crippen molar-refractivity contribution in [2.24, 2.45) is 10.1 Å². The quantitative estimate of drug-likeness (QED) is 0.364. The third-order valence-electron chi connectivity index (χ3n) is 3.59. The van der Waals surface area contributed by atoms with Gasteiger partial charge in [-0.3, -0.25) is 4.99 Å². The molecule has 0 amide bonds. The summed E-state index contributed by atoms with van der Waals surface area (Å²) in [5.74, 6) is 1.52. The van der Waals surface area contributed by atoms with Gasteiger partial charge < -0.3 is 15.4 Å². The van der Waals surface area contributed by atoms with Gasteiger partial charge in [0.1, 0.15) is 12.4 Å². The molecule has 0 aliphatic rings. The molecule has 2 rings (SSSR count). The molecule has 0 aromatic heterocycles. The van der Waals surface area contributed by atoms with E-state index in [-0.39, 0.29) is 4.90 Å². The van der Waals surface area contributed by atoms with Crippen LogP contribution in [-0.2, 0) is 16.4 Å². The summed E-state index contributed by atoms with van der Waals surface area (Å²) in [7, 11) is -1.94. The third kappa shape index (κ3) is 6.73. The van der Waals surface area contributed by atoms with Gasteiger partial charge in [0.05, 0.1) is 11.4 Å². The van der Waals surface area contributed by atoms with Gasteiger partial charge in [0, 0.05) is 13.6 Å². The van der Waals surface area contributed by atoms with Gasteiger partial charge in [-0.05, 0) is 36.2 Å². The van der Waals surface area contributed by atoms with Gasteiger partial charge in [-0.25, -0.2) is 13.6 Å². The number of hydrogen-bond donors (Lipinski definition) is 3. The number of aliphatic imine (C=N–C) groups is 1. The average molecular weight is 376 g/mol. The van der Waals surface area contributed by atoms with Crippen LogP contribution in [0.2, 0.25) is 0 Å². The summed E-state index contributed by atoms with van der Waals surface area (Å²) in [5, 5.41) is 11.5. The monoisotopic (exact) mass is 376 g/mol. The number of nitrogens with zero attached hydrogens (tertiary/aromatic N) is 1. The minimum absolute atomic E-state index is 0.116. The van der Waals surface area contributed by atoms with Gasteiger partial charge in [-0.1, -0.05) is 30.3 Å². The maximum Gasteiger partial charge on any atom is 0.238 e. The Labute approximate surface area is 154 Å². The molecule has 0 atom stereocenters. The number of nitrogens with one attached hydrogen (secondary N) is 2. The van der Waals surface area contributed by atoms with Gasteiger partial charge in [-0.2, -0.15) is 0 Å². The van der Waals surface area contributed by atoms with E-state index in [9.17, 15) is 8.42 Å². The van der Waals surface area contributed by atoms with Crippen LogP contribution < -0.4 is 20.5 Å². The zero-order valence-corrected chi connectivity index (χ0v) is 15.5. The highest BCUT2D eigenvalue weighted by Crippen LogP contribution is 2.09. The highest BCUT2D eigenvalue weighted by atomic mass is 32.2. The van der Waals surface area contributed by atoms with Crippen LogP contribution in [0.1, 0.15) is 5.56 Å². The second-order valence-electron chi connectivity index (χ2n) is 5.53. The van der Waals surface area contributed by atoms with Gasteiger partial charge in [0.25, 0.3) is 0 Å². The molecule has 0 radical (unpaired) electrons. The highest BCUT2D eigenvalue weighted by Gasteiger charge is 2.06. The van der Waals surface area contributed by atoms with E-state index in [4.69, 9.17) is 9.88 Å². The Balaban J connectivity index is 1.68. The first-order valence-electron chi connectivity index (χ1n) is 8.23. The zero-order chi connectivity index (χ0) is 18.8. The molecule has 7 nitrogen and oxygen atoms in total. The van der Waals surface area contributed by atoms with Crippen LogP contribution in [0.4, 0.5) is 0 Å². The minimum Gasteiger partial charge on any atom is -0.492 e. The number of ether oxygens (including phenoxy) is 1. The van der Waals surface area contributed by atoms with Crippen molar-refractivity contribution in [2.75, 3.05) is 26.7 Å². The normalized spacial score (nSPS) is 11.8. The van der Waals surface area contributed by atoms with Crippen molar-refractivity contribution in [1.29, 1.82) is 0 Å². The lowest BCUT2D eigenvalue weighted by molar-refractivity contribution is 0.322. The molecular weight excluding hydrogens is 352 g/mol. The first-order valence-corrected chi connectivity index (χ1v) is 9.78. The van der Waals surface area contributed by atoms with Crippen molar-refractivity contribution in [1.82, 2.24) is 10.6 Å². The van der Waals surface area contributed by atoms with Crippen LogP contribution >= 0.6 is 0 Å². The van der Waals surface area contributed by atoms with Crippen LogP contribution in [0.25, 0.3) is 0 Å². The smallest absolute Gasteiger partial charge is 0.238 e. The Morgan fingerprint density at radius 1 is 1.04 bits per heavy atom. The standard InChI is InChI=1S/C18H24N4O3S/c1-20-18(22-13-14-25-16-5-3-2-4-6-16)21-12-11-15-7-9-17(10-8-15)26(19,23)24/h2-10H,11-14H2,1H3,(H2,19,23,24)(H2,20,21,22). The number of benzene rings is 2. The minimum atomic E-state index is -3.65. The Morgan fingerprint density at radius 2 is 1.69 bits per heavy atom. The van der Waals surface area contributed by atoms with E-state index in [1.54, 1.807) is 19.2 Å². The Morgan fingerprint density at radius 3 is 2.31 bits per heavy atom. The molecule has 0 saturated heterocycles. The predicted octanol–water partition coefficient (Wildman–Crippen LogP) is 1.12. The maximum atomic E-state index is 11.2. The number of rotatable bonds is 8. The predicted molar refractivity (Wildman–Crippen MR) is 103 cm³/mol. The zero-order valence-electron chi connectivity index (χ0n) is 14.7. The number of guanidine groups is 1. The summed E-state index contributed by atoms with van der Waals surface area (Å²) in [6.45, 7) is 1.81. The van der Waals surface area contributed by atoms with Crippen LogP contribution in [0.15, 0.2) is 64.5 Å². The van der Waals surface area contributed by atoms with Crippen LogP contribution in [0.5, 0.6) is 5.75 Å². The van der Waals surface area contributed by atoms with Gasteiger partial charge >= 0.3 is 0 Å². The molecule has 0 heterocycles. The summed E-state index contributed by atoms with van der Waals surface area (Å²) < 4.78 is 28.1. The van der Waals surface area contributed by atoms with E-state index in [1.165, 1.54) is 12.1 Å². The lowest BCUT2D eigenvalue weighted by atomic mass is 10.1. The molecule has 0 bridgehead atoms. The number of sulfonamides is 1. The van der Waals surface area contributed by atoms with Gasteiger partial charge in [0.15, 0.2) is 5.96 Å². The van der Waals surface area contributed by atoms with Crippen LogP contribution in [-0.4, -0.2) is 41.1 Å². The van der Waals surface area contributed by atoms with E-state index in [1.807, 2.05) is 30.3 Å². The van der Waals surface area contributed by atoms with E-state index in [0.717, 1.165) is 17.7 Å². The summed E-state index contributed by atoms with van der Waals surface area (Å²) in [6, 6.07) is 16.2. The summed E-state index contributed by atoms with van der Waals surface area (Å²) in [4.78, 5) is 4.27. The second kappa shape index (κ2) is 9.79. The molecule has 8 heteroatoms. The number of para-hydroxylation sites is 1. The topological polar surface area (TPSA) is 106 Å². The van der Waals surface area contributed by atoms with Gasteiger partial charge in [-0.15, -0.1) is 0 Å². The molecule has 0 spiro atoms. The summed E-state index contributed by atoms with van der Waals surface area (Å²) >= 11 is 0. The molecule has 26 heavy (non-hydrogen) atoms. The molecule has 0 aliphatic carbocycles. The molecular formula is C18H24N4O3S. The van der Waals surface area contributed by atoms with Crippen molar-refractivity contribution in [3.05, 3.63) is 60.2 Å². The third-order valence-corrected chi connectivity index (χ3v) is 4.52. The number of nitrogens with two attached hydrogens (primary N) is 1. The lowest BCUT2D eigenvalue weighted by Gasteiger charge is -2.12. The van der Waals surface area contributed by atoms with E-state index < -0.39 is 10.0 Å². The summed E-state index contributed by atoms with van der Waals surface area (Å²) in [6.07, 6.45) is 0.728. The molecule has 2 aromatic carbocycles. The fourth-order valence-electron chi connectivity index (χ4n) is 2.25. The molecule has 0 unspecified atom stereocenters. The Kier molecular flexibility index (Phi) is 7.43. The second-order valence-corrected chi connectivity index (χ2v) is 7.09. The van der Waals surface area contributed by atoms with Crippen LogP contribution in [0.3, 0.4) is 0 Å². The number of hydrogen-bond acceptors (Lipinski definition) is 4. The highest BCUT2D eigenvalue weighted by molar-refractivity contribution is 7.89. The first kappa shape index (κ1) is 19.7.